The number of piperazine rings is 1. The highest BCUT2D eigenvalue weighted by Gasteiger charge is 2.19. The maximum atomic E-state index is 6.33. The first-order valence-electron chi connectivity index (χ1n) is 7.36. The Hall–Kier alpha value is -1.07. The Bertz CT molecular complexity index is 626. The molecule has 22 heavy (non-hydrogen) atoms. The molecular weight excluding hydrogens is 319 g/mol. The van der Waals surface area contributed by atoms with Crippen LogP contribution in [-0.4, -0.2) is 40.4 Å². The monoisotopic (exact) mass is 340 g/mol. The fourth-order valence-electron chi connectivity index (χ4n) is 2.93. The lowest BCUT2D eigenvalue weighted by Crippen LogP contribution is -2.48. The average molecular weight is 341 g/mol. The van der Waals surface area contributed by atoms with Crippen molar-refractivity contribution in [2.45, 2.75) is 19.5 Å². The van der Waals surface area contributed by atoms with E-state index in [-0.39, 0.29) is 12.4 Å². The molecule has 1 fully saturated rings. The van der Waals surface area contributed by atoms with Crippen LogP contribution in [-0.2, 0) is 13.6 Å². The number of aromatic nitrogens is 2. The van der Waals surface area contributed by atoms with Gasteiger partial charge in [0.15, 0.2) is 0 Å². The third-order valence-corrected chi connectivity index (χ3v) is 4.21. The van der Waals surface area contributed by atoms with Gasteiger partial charge in [0.2, 0.25) is 0 Å². The van der Waals surface area contributed by atoms with E-state index in [1.807, 2.05) is 36.0 Å². The molecule has 0 bridgehead atoms. The molecule has 2 aromatic rings. The predicted molar refractivity (Wildman–Crippen MR) is 93.6 cm³/mol. The Morgan fingerprint density at radius 3 is 2.86 bits per heavy atom. The van der Waals surface area contributed by atoms with Crippen LogP contribution in [0.1, 0.15) is 12.5 Å². The molecule has 1 aliphatic rings. The van der Waals surface area contributed by atoms with Gasteiger partial charge in [-0.1, -0.05) is 29.8 Å². The Balaban J connectivity index is 0.00000176. The van der Waals surface area contributed by atoms with E-state index in [4.69, 9.17) is 11.6 Å². The number of hydrogen-bond donors (Lipinski definition) is 1. The molecular formula is C16H22Cl2N4. The summed E-state index contributed by atoms with van der Waals surface area (Å²) in [6, 6.07) is 8.45. The number of rotatable bonds is 3. The Labute approximate surface area is 142 Å². The van der Waals surface area contributed by atoms with Crippen molar-refractivity contribution in [1.82, 2.24) is 20.0 Å². The van der Waals surface area contributed by atoms with Gasteiger partial charge in [-0.15, -0.1) is 12.4 Å². The van der Waals surface area contributed by atoms with Crippen molar-refractivity contribution in [3.63, 3.8) is 0 Å². The van der Waals surface area contributed by atoms with E-state index in [1.54, 1.807) is 0 Å². The molecule has 1 atom stereocenters. The van der Waals surface area contributed by atoms with Crippen LogP contribution in [0.4, 0.5) is 0 Å². The molecule has 1 unspecified atom stereocenters. The summed E-state index contributed by atoms with van der Waals surface area (Å²) in [5.74, 6) is 0. The zero-order valence-electron chi connectivity index (χ0n) is 12.9. The summed E-state index contributed by atoms with van der Waals surface area (Å²) in [5, 5.41) is 8.85. The number of hydrogen-bond acceptors (Lipinski definition) is 3. The SMILES string of the molecule is CC1CN(Cc2cn(C)nc2-c2ccccc2Cl)CCN1.Cl. The highest BCUT2D eigenvalue weighted by Crippen LogP contribution is 2.29. The lowest BCUT2D eigenvalue weighted by molar-refractivity contribution is 0.200. The van der Waals surface area contributed by atoms with E-state index in [9.17, 15) is 0 Å². The van der Waals surface area contributed by atoms with Gasteiger partial charge in [-0.3, -0.25) is 9.58 Å². The van der Waals surface area contributed by atoms with Crippen molar-refractivity contribution in [2.24, 2.45) is 7.05 Å². The van der Waals surface area contributed by atoms with Crippen molar-refractivity contribution in [2.75, 3.05) is 19.6 Å². The smallest absolute Gasteiger partial charge is 0.0983 e. The summed E-state index contributed by atoms with van der Waals surface area (Å²) in [6.45, 7) is 6.33. The van der Waals surface area contributed by atoms with E-state index in [1.165, 1.54) is 5.56 Å². The van der Waals surface area contributed by atoms with E-state index < -0.39 is 0 Å². The second-order valence-electron chi connectivity index (χ2n) is 5.75. The van der Waals surface area contributed by atoms with Gasteiger partial charge in [-0.25, -0.2) is 0 Å². The van der Waals surface area contributed by atoms with Gasteiger partial charge < -0.3 is 5.32 Å². The van der Waals surface area contributed by atoms with Gasteiger partial charge in [-0.05, 0) is 13.0 Å². The summed E-state index contributed by atoms with van der Waals surface area (Å²) >= 11 is 6.33. The van der Waals surface area contributed by atoms with Gasteiger partial charge in [0.25, 0.3) is 0 Å². The lowest BCUT2D eigenvalue weighted by atomic mass is 10.1. The highest BCUT2D eigenvalue weighted by molar-refractivity contribution is 6.33. The van der Waals surface area contributed by atoms with Crippen LogP contribution in [0, 0.1) is 0 Å². The molecule has 6 heteroatoms. The molecule has 0 amide bonds. The molecule has 1 aromatic heterocycles. The Morgan fingerprint density at radius 2 is 2.14 bits per heavy atom. The van der Waals surface area contributed by atoms with Crippen molar-refractivity contribution >= 4 is 24.0 Å². The van der Waals surface area contributed by atoms with Gasteiger partial charge in [0, 0.05) is 56.6 Å². The third kappa shape index (κ3) is 3.82. The van der Waals surface area contributed by atoms with Crippen LogP contribution in [0.5, 0.6) is 0 Å². The molecule has 1 aromatic carbocycles. The standard InChI is InChI=1S/C16H21ClN4.ClH/c1-12-9-21(8-7-18-12)11-13-10-20(2)19-16(13)14-5-3-4-6-15(14)17;/h3-6,10,12,18H,7-9,11H2,1-2H3;1H. The van der Waals surface area contributed by atoms with Crippen LogP contribution in [0.2, 0.25) is 5.02 Å². The van der Waals surface area contributed by atoms with Gasteiger partial charge in [0.1, 0.15) is 0 Å². The Morgan fingerprint density at radius 1 is 1.36 bits per heavy atom. The van der Waals surface area contributed by atoms with Crippen LogP contribution < -0.4 is 5.32 Å². The fourth-order valence-corrected chi connectivity index (χ4v) is 3.16. The van der Waals surface area contributed by atoms with Crippen LogP contribution >= 0.6 is 24.0 Å². The largest absolute Gasteiger partial charge is 0.312 e. The van der Waals surface area contributed by atoms with E-state index >= 15 is 0 Å². The number of benzene rings is 1. The summed E-state index contributed by atoms with van der Waals surface area (Å²) in [5.41, 5.74) is 3.24. The molecule has 0 spiro atoms. The molecule has 1 aliphatic heterocycles. The maximum Gasteiger partial charge on any atom is 0.0983 e. The fraction of sp³-hybridized carbons (Fsp3) is 0.438. The normalized spacial score (nSPS) is 19.0. The first-order chi connectivity index (χ1) is 10.1. The first kappa shape index (κ1) is 17.3. The summed E-state index contributed by atoms with van der Waals surface area (Å²) < 4.78 is 1.87. The average Bonchev–Trinajstić information content (AvgIpc) is 2.80. The van der Waals surface area contributed by atoms with Gasteiger partial charge >= 0.3 is 0 Å². The zero-order chi connectivity index (χ0) is 14.8. The topological polar surface area (TPSA) is 33.1 Å². The van der Waals surface area contributed by atoms with Crippen molar-refractivity contribution in [1.29, 1.82) is 0 Å². The summed E-state index contributed by atoms with van der Waals surface area (Å²) in [6.07, 6.45) is 2.10. The van der Waals surface area contributed by atoms with E-state index in [0.29, 0.717) is 6.04 Å². The van der Waals surface area contributed by atoms with E-state index in [2.05, 4.69) is 28.4 Å². The molecule has 120 valence electrons. The van der Waals surface area contributed by atoms with Crippen molar-refractivity contribution in [3.05, 3.63) is 41.0 Å². The number of nitrogens with zero attached hydrogens (tertiary/aromatic N) is 3. The van der Waals surface area contributed by atoms with Gasteiger partial charge in [-0.2, -0.15) is 5.10 Å². The van der Waals surface area contributed by atoms with Gasteiger partial charge in [0.05, 0.1) is 10.7 Å². The minimum Gasteiger partial charge on any atom is -0.312 e. The second kappa shape index (κ2) is 7.47. The predicted octanol–water partition coefficient (Wildman–Crippen LogP) is 2.96. The van der Waals surface area contributed by atoms with Crippen molar-refractivity contribution in [3.8, 4) is 11.3 Å². The quantitative estimate of drug-likeness (QED) is 0.932. The molecule has 0 saturated carbocycles. The molecule has 1 saturated heterocycles. The second-order valence-corrected chi connectivity index (χ2v) is 6.15. The molecule has 0 aliphatic carbocycles. The van der Waals surface area contributed by atoms with Crippen LogP contribution in [0.25, 0.3) is 11.3 Å². The molecule has 0 radical (unpaired) electrons. The zero-order valence-corrected chi connectivity index (χ0v) is 14.5. The van der Waals surface area contributed by atoms with E-state index in [0.717, 1.165) is 42.5 Å². The summed E-state index contributed by atoms with van der Waals surface area (Å²) in [4.78, 5) is 2.47. The lowest BCUT2D eigenvalue weighted by Gasteiger charge is -2.31. The van der Waals surface area contributed by atoms with Crippen LogP contribution in [0.15, 0.2) is 30.5 Å². The molecule has 2 heterocycles. The minimum absolute atomic E-state index is 0. The molecule has 4 nitrogen and oxygen atoms in total. The third-order valence-electron chi connectivity index (χ3n) is 3.88. The van der Waals surface area contributed by atoms with Crippen LogP contribution in [0.3, 0.4) is 0 Å². The number of halogens is 2. The van der Waals surface area contributed by atoms with Crippen molar-refractivity contribution < 1.29 is 0 Å². The molecule has 3 rings (SSSR count). The number of nitrogens with one attached hydrogen (secondary N) is 1. The minimum atomic E-state index is 0. The maximum absolute atomic E-state index is 6.33. The number of aryl methyl sites for hydroxylation is 1. The first-order valence-corrected chi connectivity index (χ1v) is 7.74. The molecule has 1 N–H and O–H groups in total. The Kier molecular flexibility index (Phi) is 5.87. The highest BCUT2D eigenvalue weighted by atomic mass is 35.5. The summed E-state index contributed by atoms with van der Waals surface area (Å²) in [7, 11) is 1.96.